The molecule has 2 N–H and O–H groups in total. The van der Waals surface area contributed by atoms with E-state index < -0.39 is 0 Å². The van der Waals surface area contributed by atoms with Gasteiger partial charge in [0.25, 0.3) is 0 Å². The molecule has 0 spiro atoms. The second-order valence-corrected chi connectivity index (χ2v) is 4.28. The van der Waals surface area contributed by atoms with Crippen molar-refractivity contribution in [1.82, 2.24) is 0 Å². The Balaban J connectivity index is 2.39. The molecule has 0 saturated heterocycles. The van der Waals surface area contributed by atoms with E-state index in [1.165, 1.54) is 32.1 Å². The van der Waals surface area contributed by atoms with Crippen molar-refractivity contribution in [3.63, 3.8) is 0 Å². The first-order chi connectivity index (χ1) is 5.20. The minimum absolute atomic E-state index is 0.491. The molecule has 0 bridgehead atoms. The van der Waals surface area contributed by atoms with Crippen molar-refractivity contribution in [1.29, 1.82) is 0 Å². The van der Waals surface area contributed by atoms with Gasteiger partial charge in [-0.2, -0.15) is 0 Å². The molecule has 1 nitrogen and oxygen atoms in total. The number of rotatable bonds is 1. The minimum Gasteiger partial charge on any atom is -0.328 e. The zero-order chi connectivity index (χ0) is 8.27. The Morgan fingerprint density at radius 3 is 2.45 bits per heavy atom. The molecule has 0 aromatic heterocycles. The highest BCUT2D eigenvalue weighted by atomic mass is 14.6. The topological polar surface area (TPSA) is 26.0 Å². The van der Waals surface area contributed by atoms with E-state index in [1.54, 1.807) is 0 Å². The zero-order valence-corrected chi connectivity index (χ0v) is 7.84. The predicted octanol–water partition coefficient (Wildman–Crippen LogP) is 2.55. The Labute approximate surface area is 70.4 Å². The van der Waals surface area contributed by atoms with Gasteiger partial charge in [0.15, 0.2) is 0 Å². The quantitative estimate of drug-likeness (QED) is 0.579. The second kappa shape index (κ2) is 4.10. The molecule has 1 heteroatoms. The first-order valence-electron chi connectivity index (χ1n) is 4.95. The summed E-state index contributed by atoms with van der Waals surface area (Å²) in [5.41, 5.74) is 5.96. The lowest BCUT2D eigenvalue weighted by molar-refractivity contribution is 0.328. The van der Waals surface area contributed by atoms with Gasteiger partial charge >= 0.3 is 0 Å². The lowest BCUT2D eigenvalue weighted by Crippen LogP contribution is -2.23. The maximum atomic E-state index is 5.96. The van der Waals surface area contributed by atoms with Crippen LogP contribution in [0.5, 0.6) is 0 Å². The molecular weight excluding hydrogens is 134 g/mol. The van der Waals surface area contributed by atoms with Gasteiger partial charge in [-0.1, -0.05) is 33.1 Å². The third kappa shape index (κ3) is 2.82. The van der Waals surface area contributed by atoms with E-state index in [4.69, 9.17) is 5.73 Å². The van der Waals surface area contributed by atoms with Gasteiger partial charge in [0.2, 0.25) is 0 Å². The third-order valence-electron chi connectivity index (χ3n) is 2.95. The lowest BCUT2D eigenvalue weighted by Gasteiger charge is -2.20. The summed E-state index contributed by atoms with van der Waals surface area (Å²) in [5, 5.41) is 0. The normalized spacial score (nSPS) is 33.8. The molecule has 1 fully saturated rings. The van der Waals surface area contributed by atoms with Gasteiger partial charge in [-0.05, 0) is 24.7 Å². The standard InChI is InChI=1S/C10H21N/c1-8(2)9-5-3-4-6-10(11)7-9/h8-10H,3-7,11H2,1-2H3. The summed E-state index contributed by atoms with van der Waals surface area (Å²) < 4.78 is 0. The summed E-state index contributed by atoms with van der Waals surface area (Å²) in [5.74, 6) is 1.73. The Bertz CT molecular complexity index is 109. The Hall–Kier alpha value is -0.0400. The van der Waals surface area contributed by atoms with E-state index in [9.17, 15) is 0 Å². The number of nitrogens with two attached hydrogens (primary N) is 1. The van der Waals surface area contributed by atoms with Crippen molar-refractivity contribution in [2.45, 2.75) is 52.0 Å². The summed E-state index contributed by atoms with van der Waals surface area (Å²) in [6, 6.07) is 0.491. The maximum absolute atomic E-state index is 5.96. The van der Waals surface area contributed by atoms with Crippen molar-refractivity contribution in [3.8, 4) is 0 Å². The molecule has 1 rings (SSSR count). The van der Waals surface area contributed by atoms with Crippen molar-refractivity contribution in [2.75, 3.05) is 0 Å². The Morgan fingerprint density at radius 1 is 1.18 bits per heavy atom. The van der Waals surface area contributed by atoms with E-state index in [0.717, 1.165) is 11.8 Å². The summed E-state index contributed by atoms with van der Waals surface area (Å²) >= 11 is 0. The van der Waals surface area contributed by atoms with Crippen molar-refractivity contribution in [2.24, 2.45) is 17.6 Å². The van der Waals surface area contributed by atoms with Crippen LogP contribution in [0.15, 0.2) is 0 Å². The highest BCUT2D eigenvalue weighted by Crippen LogP contribution is 2.27. The summed E-state index contributed by atoms with van der Waals surface area (Å²) in [4.78, 5) is 0. The van der Waals surface area contributed by atoms with Crippen LogP contribution in [0.1, 0.15) is 46.0 Å². The fourth-order valence-corrected chi connectivity index (χ4v) is 2.04. The van der Waals surface area contributed by atoms with Crippen LogP contribution in [0.2, 0.25) is 0 Å². The lowest BCUT2D eigenvalue weighted by atomic mass is 9.88. The average molecular weight is 155 g/mol. The summed E-state index contributed by atoms with van der Waals surface area (Å²) in [7, 11) is 0. The van der Waals surface area contributed by atoms with Gasteiger partial charge in [-0.25, -0.2) is 0 Å². The van der Waals surface area contributed by atoms with Crippen LogP contribution in [0.25, 0.3) is 0 Å². The van der Waals surface area contributed by atoms with Crippen LogP contribution in [0.3, 0.4) is 0 Å². The summed E-state index contributed by atoms with van der Waals surface area (Å²) in [6.45, 7) is 4.64. The first-order valence-corrected chi connectivity index (χ1v) is 4.95. The number of hydrogen-bond acceptors (Lipinski definition) is 1. The Kier molecular flexibility index (Phi) is 3.38. The fraction of sp³-hybridized carbons (Fsp3) is 1.00. The van der Waals surface area contributed by atoms with E-state index in [0.29, 0.717) is 6.04 Å². The fourth-order valence-electron chi connectivity index (χ4n) is 2.04. The van der Waals surface area contributed by atoms with Crippen molar-refractivity contribution >= 4 is 0 Å². The molecule has 0 aromatic rings. The van der Waals surface area contributed by atoms with Crippen LogP contribution >= 0.6 is 0 Å². The third-order valence-corrected chi connectivity index (χ3v) is 2.95. The van der Waals surface area contributed by atoms with E-state index in [2.05, 4.69) is 13.8 Å². The molecule has 1 saturated carbocycles. The van der Waals surface area contributed by atoms with E-state index >= 15 is 0 Å². The monoisotopic (exact) mass is 155 g/mol. The van der Waals surface area contributed by atoms with E-state index in [-0.39, 0.29) is 0 Å². The smallest absolute Gasteiger partial charge is 0.00415 e. The van der Waals surface area contributed by atoms with Crippen LogP contribution in [-0.2, 0) is 0 Å². The zero-order valence-electron chi connectivity index (χ0n) is 7.84. The van der Waals surface area contributed by atoms with Crippen LogP contribution in [0, 0.1) is 11.8 Å². The molecule has 0 aromatic carbocycles. The largest absolute Gasteiger partial charge is 0.328 e. The maximum Gasteiger partial charge on any atom is 0.00415 e. The van der Waals surface area contributed by atoms with Crippen LogP contribution in [0.4, 0.5) is 0 Å². The molecule has 0 radical (unpaired) electrons. The molecule has 2 unspecified atom stereocenters. The minimum atomic E-state index is 0.491. The van der Waals surface area contributed by atoms with Gasteiger partial charge in [-0.15, -0.1) is 0 Å². The SMILES string of the molecule is CC(C)C1CCCCC(N)C1. The average Bonchev–Trinajstić information content (AvgIpc) is 2.13. The predicted molar refractivity (Wildman–Crippen MR) is 49.4 cm³/mol. The van der Waals surface area contributed by atoms with Crippen LogP contribution < -0.4 is 5.73 Å². The van der Waals surface area contributed by atoms with Gasteiger partial charge in [0.1, 0.15) is 0 Å². The highest BCUT2D eigenvalue weighted by molar-refractivity contribution is 4.74. The molecule has 66 valence electrons. The van der Waals surface area contributed by atoms with Crippen molar-refractivity contribution in [3.05, 3.63) is 0 Å². The molecule has 0 amide bonds. The number of hydrogen-bond donors (Lipinski definition) is 1. The Morgan fingerprint density at radius 2 is 1.82 bits per heavy atom. The van der Waals surface area contributed by atoms with Gasteiger partial charge in [0, 0.05) is 6.04 Å². The molecule has 1 aliphatic carbocycles. The van der Waals surface area contributed by atoms with Crippen molar-refractivity contribution < 1.29 is 0 Å². The van der Waals surface area contributed by atoms with Crippen LogP contribution in [-0.4, -0.2) is 6.04 Å². The molecule has 0 aliphatic heterocycles. The van der Waals surface area contributed by atoms with E-state index in [1.807, 2.05) is 0 Å². The molecule has 2 atom stereocenters. The van der Waals surface area contributed by atoms with Gasteiger partial charge in [-0.3, -0.25) is 0 Å². The molecule has 1 aliphatic rings. The molecule has 11 heavy (non-hydrogen) atoms. The first kappa shape index (κ1) is 9.05. The molecule has 0 heterocycles. The summed E-state index contributed by atoms with van der Waals surface area (Å²) in [6.07, 6.45) is 6.67. The molecular formula is C10H21N. The van der Waals surface area contributed by atoms with Gasteiger partial charge < -0.3 is 5.73 Å². The highest BCUT2D eigenvalue weighted by Gasteiger charge is 2.19. The van der Waals surface area contributed by atoms with Gasteiger partial charge in [0.05, 0.1) is 0 Å². The second-order valence-electron chi connectivity index (χ2n) is 4.28.